The number of benzene rings is 1. The van der Waals surface area contributed by atoms with Gasteiger partial charge in [-0.15, -0.1) is 0 Å². The van der Waals surface area contributed by atoms with E-state index in [4.69, 9.17) is 10.6 Å². The lowest BCUT2D eigenvalue weighted by atomic mass is 10.0. The summed E-state index contributed by atoms with van der Waals surface area (Å²) < 4.78 is 20.2. The number of aryl methyl sites for hydroxylation is 1. The molecule has 2 aromatic rings. The SMILES string of the molecule is COc1ccc(CC(NN)c2ccn(C)n2)cc1F. The Morgan fingerprint density at radius 2 is 2.26 bits per heavy atom. The van der Waals surface area contributed by atoms with Crippen LogP contribution in [0.15, 0.2) is 30.5 Å². The van der Waals surface area contributed by atoms with Gasteiger partial charge in [0, 0.05) is 13.2 Å². The number of rotatable bonds is 5. The van der Waals surface area contributed by atoms with E-state index >= 15 is 0 Å². The van der Waals surface area contributed by atoms with Crippen LogP contribution in [-0.4, -0.2) is 16.9 Å². The molecular formula is C13H17FN4O. The van der Waals surface area contributed by atoms with Gasteiger partial charge in [0.1, 0.15) is 0 Å². The Labute approximate surface area is 111 Å². The molecule has 1 aromatic heterocycles. The van der Waals surface area contributed by atoms with E-state index in [9.17, 15) is 4.39 Å². The van der Waals surface area contributed by atoms with Crippen molar-refractivity contribution in [3.8, 4) is 5.75 Å². The van der Waals surface area contributed by atoms with Crippen molar-refractivity contribution in [1.82, 2.24) is 15.2 Å². The molecule has 2 rings (SSSR count). The van der Waals surface area contributed by atoms with Gasteiger partial charge >= 0.3 is 0 Å². The van der Waals surface area contributed by atoms with Gasteiger partial charge in [-0.05, 0) is 30.2 Å². The van der Waals surface area contributed by atoms with Crippen LogP contribution < -0.4 is 16.0 Å². The van der Waals surface area contributed by atoms with E-state index in [1.54, 1.807) is 10.7 Å². The standard InChI is InChI=1S/C13H17FN4O/c1-18-6-5-11(17-18)12(16-15)8-9-3-4-13(19-2)10(14)7-9/h3-7,12,16H,8,15H2,1-2H3. The Bertz CT molecular complexity index is 555. The number of hydrazine groups is 1. The molecule has 102 valence electrons. The summed E-state index contributed by atoms with van der Waals surface area (Å²) in [4.78, 5) is 0. The molecule has 0 aliphatic carbocycles. The fourth-order valence-corrected chi connectivity index (χ4v) is 1.94. The summed E-state index contributed by atoms with van der Waals surface area (Å²) >= 11 is 0. The van der Waals surface area contributed by atoms with E-state index in [1.165, 1.54) is 13.2 Å². The van der Waals surface area contributed by atoms with E-state index in [0.717, 1.165) is 11.3 Å². The number of halogens is 1. The Kier molecular flexibility index (Phi) is 4.13. The molecule has 0 spiro atoms. The number of ether oxygens (including phenoxy) is 1. The molecule has 1 heterocycles. The fraction of sp³-hybridized carbons (Fsp3) is 0.308. The molecular weight excluding hydrogens is 247 g/mol. The molecule has 0 fully saturated rings. The molecule has 3 N–H and O–H groups in total. The van der Waals surface area contributed by atoms with Gasteiger partial charge in [0.25, 0.3) is 0 Å². The van der Waals surface area contributed by atoms with E-state index in [2.05, 4.69) is 10.5 Å². The number of hydrogen-bond donors (Lipinski definition) is 2. The first-order chi connectivity index (χ1) is 9.13. The molecule has 1 aromatic carbocycles. The second-order valence-electron chi connectivity index (χ2n) is 4.31. The van der Waals surface area contributed by atoms with Gasteiger partial charge in [-0.2, -0.15) is 5.10 Å². The topological polar surface area (TPSA) is 65.1 Å². The first-order valence-corrected chi connectivity index (χ1v) is 5.92. The molecule has 0 amide bonds. The summed E-state index contributed by atoms with van der Waals surface area (Å²) in [5, 5.41) is 4.29. The summed E-state index contributed by atoms with van der Waals surface area (Å²) in [6.45, 7) is 0. The fourth-order valence-electron chi connectivity index (χ4n) is 1.94. The van der Waals surface area contributed by atoms with Crippen LogP contribution in [0.3, 0.4) is 0 Å². The lowest BCUT2D eigenvalue weighted by Crippen LogP contribution is -2.30. The zero-order valence-electron chi connectivity index (χ0n) is 10.9. The molecule has 1 unspecified atom stereocenters. The van der Waals surface area contributed by atoms with Gasteiger partial charge in [0.05, 0.1) is 18.8 Å². The van der Waals surface area contributed by atoms with E-state index in [-0.39, 0.29) is 17.6 Å². The third kappa shape index (κ3) is 3.10. The lowest BCUT2D eigenvalue weighted by Gasteiger charge is -2.14. The summed E-state index contributed by atoms with van der Waals surface area (Å²) in [6, 6.07) is 6.59. The summed E-state index contributed by atoms with van der Waals surface area (Å²) in [5.41, 5.74) is 4.35. The maximum atomic E-state index is 13.6. The van der Waals surface area contributed by atoms with Crippen molar-refractivity contribution < 1.29 is 9.13 Å². The number of nitrogens with zero attached hydrogens (tertiary/aromatic N) is 2. The predicted octanol–water partition coefficient (Wildman–Crippen LogP) is 1.31. The van der Waals surface area contributed by atoms with Gasteiger partial charge in [0.15, 0.2) is 11.6 Å². The predicted molar refractivity (Wildman–Crippen MR) is 69.9 cm³/mol. The maximum Gasteiger partial charge on any atom is 0.165 e. The number of methoxy groups -OCH3 is 1. The van der Waals surface area contributed by atoms with Crippen LogP contribution in [0.25, 0.3) is 0 Å². The third-order valence-electron chi connectivity index (χ3n) is 2.95. The van der Waals surface area contributed by atoms with Crippen LogP contribution in [0.2, 0.25) is 0 Å². The van der Waals surface area contributed by atoms with Gasteiger partial charge in [0.2, 0.25) is 0 Å². The number of nitrogens with two attached hydrogens (primary N) is 1. The Morgan fingerprint density at radius 3 is 2.79 bits per heavy atom. The minimum Gasteiger partial charge on any atom is -0.494 e. The first-order valence-electron chi connectivity index (χ1n) is 5.92. The van der Waals surface area contributed by atoms with E-state index in [1.807, 2.05) is 25.4 Å². The molecule has 1 atom stereocenters. The van der Waals surface area contributed by atoms with Gasteiger partial charge < -0.3 is 4.74 Å². The average Bonchev–Trinajstić information content (AvgIpc) is 2.82. The molecule has 0 bridgehead atoms. The maximum absolute atomic E-state index is 13.6. The monoisotopic (exact) mass is 264 g/mol. The van der Waals surface area contributed by atoms with Crippen LogP contribution in [0.5, 0.6) is 5.75 Å². The molecule has 0 aliphatic rings. The van der Waals surface area contributed by atoms with E-state index < -0.39 is 0 Å². The molecule has 0 aliphatic heterocycles. The zero-order valence-corrected chi connectivity index (χ0v) is 10.9. The molecule has 6 heteroatoms. The molecule has 0 saturated heterocycles. The molecule has 0 saturated carbocycles. The normalized spacial score (nSPS) is 12.4. The summed E-state index contributed by atoms with van der Waals surface area (Å²) in [5.74, 6) is 5.40. The highest BCUT2D eigenvalue weighted by molar-refractivity contribution is 5.30. The van der Waals surface area contributed by atoms with Crippen molar-refractivity contribution >= 4 is 0 Å². The molecule has 0 radical (unpaired) electrons. The largest absolute Gasteiger partial charge is 0.494 e. The number of aromatic nitrogens is 2. The zero-order chi connectivity index (χ0) is 13.8. The quantitative estimate of drug-likeness (QED) is 0.631. The third-order valence-corrected chi connectivity index (χ3v) is 2.95. The number of hydrogen-bond acceptors (Lipinski definition) is 4. The van der Waals surface area contributed by atoms with E-state index in [0.29, 0.717) is 6.42 Å². The Morgan fingerprint density at radius 1 is 1.47 bits per heavy atom. The second-order valence-corrected chi connectivity index (χ2v) is 4.31. The highest BCUT2D eigenvalue weighted by atomic mass is 19.1. The molecule has 5 nitrogen and oxygen atoms in total. The van der Waals surface area contributed by atoms with Crippen molar-refractivity contribution in [1.29, 1.82) is 0 Å². The summed E-state index contributed by atoms with van der Waals surface area (Å²) in [7, 11) is 3.28. The Hall–Kier alpha value is -1.92. The summed E-state index contributed by atoms with van der Waals surface area (Å²) in [6.07, 6.45) is 2.39. The van der Waals surface area contributed by atoms with Gasteiger partial charge in [-0.25, -0.2) is 4.39 Å². The van der Waals surface area contributed by atoms with Crippen LogP contribution in [-0.2, 0) is 13.5 Å². The average molecular weight is 264 g/mol. The number of nitrogens with one attached hydrogen (secondary N) is 1. The van der Waals surface area contributed by atoms with Crippen molar-refractivity contribution in [2.45, 2.75) is 12.5 Å². The van der Waals surface area contributed by atoms with Crippen LogP contribution in [0, 0.1) is 5.82 Å². The minimum absolute atomic E-state index is 0.158. The van der Waals surface area contributed by atoms with Crippen LogP contribution >= 0.6 is 0 Å². The lowest BCUT2D eigenvalue weighted by molar-refractivity contribution is 0.386. The second kappa shape index (κ2) is 5.81. The minimum atomic E-state index is -0.378. The van der Waals surface area contributed by atoms with Crippen molar-refractivity contribution in [2.24, 2.45) is 12.9 Å². The van der Waals surface area contributed by atoms with Crippen LogP contribution in [0.1, 0.15) is 17.3 Å². The Balaban J connectivity index is 2.16. The van der Waals surface area contributed by atoms with Crippen molar-refractivity contribution in [3.63, 3.8) is 0 Å². The highest BCUT2D eigenvalue weighted by Gasteiger charge is 2.14. The van der Waals surface area contributed by atoms with Crippen LogP contribution in [0.4, 0.5) is 4.39 Å². The smallest absolute Gasteiger partial charge is 0.165 e. The molecule has 19 heavy (non-hydrogen) atoms. The highest BCUT2D eigenvalue weighted by Crippen LogP contribution is 2.21. The van der Waals surface area contributed by atoms with Gasteiger partial charge in [-0.3, -0.25) is 16.0 Å². The van der Waals surface area contributed by atoms with Gasteiger partial charge in [-0.1, -0.05) is 6.07 Å². The van der Waals surface area contributed by atoms with Crippen molar-refractivity contribution in [2.75, 3.05) is 7.11 Å². The van der Waals surface area contributed by atoms with Crippen molar-refractivity contribution in [3.05, 3.63) is 47.5 Å². The first kappa shape index (κ1) is 13.5.